The molecule has 1 unspecified atom stereocenters. The molecule has 2 atom stereocenters. The fourth-order valence-electron chi connectivity index (χ4n) is 2.60. The smallest absolute Gasteiger partial charge is 0.141 e. The van der Waals surface area contributed by atoms with Gasteiger partial charge in [0, 0.05) is 11.3 Å². The Balaban J connectivity index is 2.34. The second-order valence-electron chi connectivity index (χ2n) is 4.29. The van der Waals surface area contributed by atoms with Gasteiger partial charge in [-0.3, -0.25) is 4.79 Å². The molecule has 2 saturated carbocycles. The normalized spacial score (nSPS) is 42.8. The van der Waals surface area contributed by atoms with Crippen molar-refractivity contribution in [3.05, 3.63) is 0 Å². The maximum atomic E-state index is 11.5. The summed E-state index contributed by atoms with van der Waals surface area (Å²) >= 11 is 0. The van der Waals surface area contributed by atoms with Crippen LogP contribution in [0.15, 0.2) is 0 Å². The van der Waals surface area contributed by atoms with E-state index < -0.39 is 0 Å². The molecular formula is C9H14O. The van der Waals surface area contributed by atoms with Crippen LogP contribution in [0.4, 0.5) is 0 Å². The third kappa shape index (κ3) is 0.561. The number of hydrogen-bond donors (Lipinski definition) is 0. The Hall–Kier alpha value is -0.330. The van der Waals surface area contributed by atoms with Crippen molar-refractivity contribution in [2.45, 2.75) is 33.1 Å². The molecule has 2 fully saturated rings. The molecule has 2 aliphatic carbocycles. The maximum absolute atomic E-state index is 11.5. The average molecular weight is 138 g/mol. The van der Waals surface area contributed by atoms with Gasteiger partial charge in [0.05, 0.1) is 0 Å². The van der Waals surface area contributed by atoms with Crippen LogP contribution in [0.1, 0.15) is 33.1 Å². The van der Waals surface area contributed by atoms with E-state index in [0.29, 0.717) is 17.6 Å². The van der Waals surface area contributed by atoms with Crippen molar-refractivity contribution in [1.82, 2.24) is 0 Å². The summed E-state index contributed by atoms with van der Waals surface area (Å²) in [6.45, 7) is 4.22. The van der Waals surface area contributed by atoms with Crippen molar-refractivity contribution in [2.75, 3.05) is 0 Å². The van der Waals surface area contributed by atoms with Gasteiger partial charge in [-0.1, -0.05) is 13.8 Å². The first-order valence-corrected chi connectivity index (χ1v) is 4.16. The number of Topliss-reactive ketones (excluding diaryl/α,β-unsaturated/α-hetero) is 1. The third-order valence-electron chi connectivity index (χ3n) is 3.46. The van der Waals surface area contributed by atoms with E-state index in [1.54, 1.807) is 0 Å². The predicted molar refractivity (Wildman–Crippen MR) is 39.6 cm³/mol. The van der Waals surface area contributed by atoms with Gasteiger partial charge in [-0.25, -0.2) is 0 Å². The van der Waals surface area contributed by atoms with Gasteiger partial charge in [-0.15, -0.1) is 0 Å². The predicted octanol–water partition coefficient (Wildman–Crippen LogP) is 2.01. The Morgan fingerprint density at radius 2 is 2.10 bits per heavy atom. The van der Waals surface area contributed by atoms with Gasteiger partial charge in [0.15, 0.2) is 0 Å². The highest BCUT2D eigenvalue weighted by molar-refractivity contribution is 5.89. The van der Waals surface area contributed by atoms with E-state index in [0.717, 1.165) is 0 Å². The lowest BCUT2D eigenvalue weighted by atomic mass is 9.76. The zero-order valence-corrected chi connectivity index (χ0v) is 6.68. The van der Waals surface area contributed by atoms with E-state index >= 15 is 0 Å². The van der Waals surface area contributed by atoms with Gasteiger partial charge in [0.1, 0.15) is 5.78 Å². The lowest BCUT2D eigenvalue weighted by molar-refractivity contribution is -0.130. The molecule has 0 aromatic heterocycles. The Kier molecular flexibility index (Phi) is 1.04. The van der Waals surface area contributed by atoms with Gasteiger partial charge in [0.2, 0.25) is 0 Å². The topological polar surface area (TPSA) is 17.1 Å². The minimum Gasteiger partial charge on any atom is -0.299 e. The largest absolute Gasteiger partial charge is 0.299 e. The second-order valence-corrected chi connectivity index (χ2v) is 4.29. The highest BCUT2D eigenvalue weighted by Crippen LogP contribution is 2.52. The fourth-order valence-corrected chi connectivity index (χ4v) is 2.60. The van der Waals surface area contributed by atoms with E-state index in [1.807, 2.05) is 0 Å². The Morgan fingerprint density at radius 1 is 1.40 bits per heavy atom. The molecule has 0 radical (unpaired) electrons. The van der Waals surface area contributed by atoms with E-state index in [1.165, 1.54) is 19.3 Å². The molecule has 0 saturated heterocycles. The SMILES string of the molecule is CC1(C)C(=O)[C@H]2CCC1C2. The quantitative estimate of drug-likeness (QED) is 0.500. The number of carbonyl (C=O) groups excluding carboxylic acids is 1. The highest BCUT2D eigenvalue weighted by Gasteiger charge is 2.51. The summed E-state index contributed by atoms with van der Waals surface area (Å²) in [7, 11) is 0. The molecule has 0 amide bonds. The molecular weight excluding hydrogens is 124 g/mol. The van der Waals surface area contributed by atoms with Crippen molar-refractivity contribution in [3.63, 3.8) is 0 Å². The van der Waals surface area contributed by atoms with Gasteiger partial charge < -0.3 is 0 Å². The third-order valence-corrected chi connectivity index (χ3v) is 3.46. The standard InChI is InChI=1S/C9H14O/c1-9(2)7-4-3-6(5-7)8(9)10/h6-7H,3-5H2,1-2H3/t6-,7?/m0/s1. The first-order valence-electron chi connectivity index (χ1n) is 4.16. The molecule has 0 aromatic rings. The number of carbonyl (C=O) groups is 1. The molecule has 0 heterocycles. The lowest BCUT2D eigenvalue weighted by Gasteiger charge is -2.27. The summed E-state index contributed by atoms with van der Waals surface area (Å²) in [6, 6.07) is 0. The van der Waals surface area contributed by atoms with Crippen LogP contribution < -0.4 is 0 Å². The number of rotatable bonds is 0. The maximum Gasteiger partial charge on any atom is 0.141 e. The zero-order chi connectivity index (χ0) is 7.35. The van der Waals surface area contributed by atoms with Crippen molar-refractivity contribution in [2.24, 2.45) is 17.3 Å². The van der Waals surface area contributed by atoms with Crippen LogP contribution >= 0.6 is 0 Å². The number of hydrogen-bond acceptors (Lipinski definition) is 1. The summed E-state index contributed by atoms with van der Waals surface area (Å²) in [5.74, 6) is 1.69. The van der Waals surface area contributed by atoms with Gasteiger partial charge >= 0.3 is 0 Å². The Bertz CT molecular complexity index is 181. The summed E-state index contributed by atoms with van der Waals surface area (Å²) < 4.78 is 0. The van der Waals surface area contributed by atoms with Gasteiger partial charge in [0.25, 0.3) is 0 Å². The molecule has 0 aromatic carbocycles. The highest BCUT2D eigenvalue weighted by atomic mass is 16.1. The van der Waals surface area contributed by atoms with Gasteiger partial charge in [-0.05, 0) is 25.2 Å². The molecule has 1 heteroatoms. The van der Waals surface area contributed by atoms with Crippen LogP contribution in [0.5, 0.6) is 0 Å². The fraction of sp³-hybridized carbons (Fsp3) is 0.889. The Morgan fingerprint density at radius 3 is 2.40 bits per heavy atom. The van der Waals surface area contributed by atoms with Crippen molar-refractivity contribution >= 4 is 5.78 Å². The second kappa shape index (κ2) is 1.63. The van der Waals surface area contributed by atoms with Crippen LogP contribution in [0.25, 0.3) is 0 Å². The van der Waals surface area contributed by atoms with Crippen LogP contribution in [0.2, 0.25) is 0 Å². The molecule has 2 aliphatic rings. The van der Waals surface area contributed by atoms with Crippen LogP contribution in [-0.2, 0) is 4.79 Å². The number of ketones is 1. The lowest BCUT2D eigenvalue weighted by Crippen LogP contribution is -2.30. The molecule has 10 heavy (non-hydrogen) atoms. The van der Waals surface area contributed by atoms with Crippen LogP contribution in [0.3, 0.4) is 0 Å². The molecule has 2 rings (SSSR count). The molecule has 2 bridgehead atoms. The van der Waals surface area contributed by atoms with E-state index in [-0.39, 0.29) is 5.41 Å². The first kappa shape index (κ1) is 6.38. The summed E-state index contributed by atoms with van der Waals surface area (Å²) in [4.78, 5) is 11.5. The summed E-state index contributed by atoms with van der Waals surface area (Å²) in [5.41, 5.74) is 0.0307. The molecule has 56 valence electrons. The van der Waals surface area contributed by atoms with E-state index in [9.17, 15) is 4.79 Å². The molecule has 0 spiro atoms. The molecule has 0 aliphatic heterocycles. The molecule has 0 N–H and O–H groups in total. The summed E-state index contributed by atoms with van der Waals surface area (Å²) in [6.07, 6.45) is 3.65. The van der Waals surface area contributed by atoms with Gasteiger partial charge in [-0.2, -0.15) is 0 Å². The van der Waals surface area contributed by atoms with Crippen molar-refractivity contribution in [3.8, 4) is 0 Å². The minimum absolute atomic E-state index is 0.0307. The van der Waals surface area contributed by atoms with Crippen molar-refractivity contribution in [1.29, 1.82) is 0 Å². The first-order chi connectivity index (χ1) is 4.62. The van der Waals surface area contributed by atoms with E-state index in [2.05, 4.69) is 13.8 Å². The molecule has 1 nitrogen and oxygen atoms in total. The average Bonchev–Trinajstić information content (AvgIpc) is 2.37. The monoisotopic (exact) mass is 138 g/mol. The zero-order valence-electron chi connectivity index (χ0n) is 6.68. The van der Waals surface area contributed by atoms with Crippen LogP contribution in [-0.4, -0.2) is 5.78 Å². The number of fused-ring (bicyclic) bond motifs is 2. The van der Waals surface area contributed by atoms with Crippen LogP contribution in [0, 0.1) is 17.3 Å². The summed E-state index contributed by atoms with van der Waals surface area (Å²) in [5, 5.41) is 0. The van der Waals surface area contributed by atoms with Crippen molar-refractivity contribution < 1.29 is 4.79 Å². The van der Waals surface area contributed by atoms with E-state index in [4.69, 9.17) is 0 Å². The minimum atomic E-state index is 0.0307. The Labute approximate surface area is 61.8 Å².